The van der Waals surface area contributed by atoms with Crippen molar-refractivity contribution in [2.24, 2.45) is 0 Å². The van der Waals surface area contributed by atoms with E-state index in [1.165, 1.54) is 0 Å². The molecule has 88 valence electrons. The standard InChI is InChI=1S/C12H16O3S/c1-3-16-9-8-12(13)15-11-6-4-10(14-2)5-7-11/h4-7H,3,8-9H2,1-2H3. The Balaban J connectivity index is 2.37. The first-order valence-corrected chi connectivity index (χ1v) is 6.34. The maximum atomic E-state index is 11.4. The fraction of sp³-hybridized carbons (Fsp3) is 0.417. The highest BCUT2D eigenvalue weighted by molar-refractivity contribution is 7.99. The Hall–Kier alpha value is -1.16. The number of carbonyl (C=O) groups excluding carboxylic acids is 1. The Morgan fingerprint density at radius 2 is 1.88 bits per heavy atom. The third-order valence-corrected chi connectivity index (χ3v) is 2.85. The molecule has 0 aliphatic heterocycles. The first-order valence-electron chi connectivity index (χ1n) is 5.18. The molecule has 0 aliphatic carbocycles. The average molecular weight is 240 g/mol. The molecule has 0 heterocycles. The van der Waals surface area contributed by atoms with Crippen LogP contribution in [0.4, 0.5) is 0 Å². The van der Waals surface area contributed by atoms with Crippen LogP contribution in [0.5, 0.6) is 11.5 Å². The summed E-state index contributed by atoms with van der Waals surface area (Å²) in [4.78, 5) is 11.4. The summed E-state index contributed by atoms with van der Waals surface area (Å²) in [5.41, 5.74) is 0. The van der Waals surface area contributed by atoms with E-state index in [0.717, 1.165) is 17.3 Å². The molecule has 0 spiro atoms. The van der Waals surface area contributed by atoms with E-state index in [0.29, 0.717) is 12.2 Å². The van der Waals surface area contributed by atoms with Crippen LogP contribution in [-0.2, 0) is 4.79 Å². The van der Waals surface area contributed by atoms with Gasteiger partial charge in [-0.2, -0.15) is 11.8 Å². The highest BCUT2D eigenvalue weighted by Gasteiger charge is 2.04. The van der Waals surface area contributed by atoms with Crippen molar-refractivity contribution in [3.8, 4) is 11.5 Å². The van der Waals surface area contributed by atoms with Gasteiger partial charge in [0.25, 0.3) is 0 Å². The van der Waals surface area contributed by atoms with Crippen LogP contribution in [0, 0.1) is 0 Å². The van der Waals surface area contributed by atoms with Crippen molar-refractivity contribution in [1.82, 2.24) is 0 Å². The molecule has 4 heteroatoms. The van der Waals surface area contributed by atoms with E-state index in [-0.39, 0.29) is 5.97 Å². The van der Waals surface area contributed by atoms with Gasteiger partial charge in [0.2, 0.25) is 0 Å². The van der Waals surface area contributed by atoms with Gasteiger partial charge in [-0.05, 0) is 30.0 Å². The molecular weight excluding hydrogens is 224 g/mol. The summed E-state index contributed by atoms with van der Waals surface area (Å²) in [6, 6.07) is 6.99. The van der Waals surface area contributed by atoms with Gasteiger partial charge in [0, 0.05) is 5.75 Å². The largest absolute Gasteiger partial charge is 0.497 e. The molecular formula is C12H16O3S. The fourth-order valence-corrected chi connectivity index (χ4v) is 1.73. The molecule has 1 aromatic rings. The number of benzene rings is 1. The number of hydrogen-bond donors (Lipinski definition) is 0. The minimum absolute atomic E-state index is 0.189. The SMILES string of the molecule is CCSCCC(=O)Oc1ccc(OC)cc1. The summed E-state index contributed by atoms with van der Waals surface area (Å²) in [6.07, 6.45) is 0.449. The van der Waals surface area contributed by atoms with E-state index in [2.05, 4.69) is 6.92 Å². The van der Waals surface area contributed by atoms with Crippen LogP contribution in [0.3, 0.4) is 0 Å². The molecule has 0 aliphatic rings. The van der Waals surface area contributed by atoms with Crippen LogP contribution < -0.4 is 9.47 Å². The average Bonchev–Trinajstić information content (AvgIpc) is 2.30. The fourth-order valence-electron chi connectivity index (χ4n) is 1.13. The summed E-state index contributed by atoms with van der Waals surface area (Å²) < 4.78 is 10.2. The number of methoxy groups -OCH3 is 1. The zero-order valence-corrected chi connectivity index (χ0v) is 10.4. The Bertz CT molecular complexity index is 322. The van der Waals surface area contributed by atoms with Gasteiger partial charge in [-0.1, -0.05) is 6.92 Å². The molecule has 0 radical (unpaired) electrons. The van der Waals surface area contributed by atoms with Gasteiger partial charge >= 0.3 is 5.97 Å². The number of rotatable bonds is 6. The van der Waals surface area contributed by atoms with Crippen LogP contribution >= 0.6 is 11.8 Å². The van der Waals surface area contributed by atoms with Gasteiger partial charge in [0.1, 0.15) is 11.5 Å². The second-order valence-corrected chi connectivity index (χ2v) is 4.49. The van der Waals surface area contributed by atoms with Crippen LogP contribution in [0.2, 0.25) is 0 Å². The number of ether oxygens (including phenoxy) is 2. The highest BCUT2D eigenvalue weighted by atomic mass is 32.2. The van der Waals surface area contributed by atoms with Gasteiger partial charge in [-0.25, -0.2) is 0 Å². The molecule has 0 bridgehead atoms. The van der Waals surface area contributed by atoms with E-state index in [1.807, 2.05) is 0 Å². The quantitative estimate of drug-likeness (QED) is 0.435. The molecule has 3 nitrogen and oxygen atoms in total. The molecule has 0 N–H and O–H groups in total. The lowest BCUT2D eigenvalue weighted by molar-refractivity contribution is -0.133. The van der Waals surface area contributed by atoms with Crippen LogP contribution in [0.1, 0.15) is 13.3 Å². The summed E-state index contributed by atoms with van der Waals surface area (Å²) in [6.45, 7) is 2.07. The van der Waals surface area contributed by atoms with Crippen molar-refractivity contribution in [2.45, 2.75) is 13.3 Å². The van der Waals surface area contributed by atoms with Crippen molar-refractivity contribution in [3.05, 3.63) is 24.3 Å². The lowest BCUT2D eigenvalue weighted by Gasteiger charge is -2.04. The molecule has 0 saturated carbocycles. The van der Waals surface area contributed by atoms with Crippen molar-refractivity contribution in [2.75, 3.05) is 18.6 Å². The minimum atomic E-state index is -0.189. The van der Waals surface area contributed by atoms with Crippen molar-refractivity contribution in [3.63, 3.8) is 0 Å². The minimum Gasteiger partial charge on any atom is -0.497 e. The number of esters is 1. The summed E-state index contributed by atoms with van der Waals surface area (Å²) >= 11 is 1.73. The lowest BCUT2D eigenvalue weighted by Crippen LogP contribution is -2.08. The zero-order valence-electron chi connectivity index (χ0n) is 9.56. The van der Waals surface area contributed by atoms with Gasteiger partial charge in [0.15, 0.2) is 0 Å². The van der Waals surface area contributed by atoms with E-state index in [4.69, 9.17) is 9.47 Å². The van der Waals surface area contributed by atoms with Gasteiger partial charge in [0.05, 0.1) is 13.5 Å². The molecule has 0 saturated heterocycles. The van der Waals surface area contributed by atoms with Crippen LogP contribution in [0.15, 0.2) is 24.3 Å². The van der Waals surface area contributed by atoms with Crippen molar-refractivity contribution >= 4 is 17.7 Å². The Morgan fingerprint density at radius 3 is 2.44 bits per heavy atom. The third-order valence-electron chi connectivity index (χ3n) is 1.95. The predicted molar refractivity (Wildman–Crippen MR) is 66.2 cm³/mol. The predicted octanol–water partition coefficient (Wildman–Crippen LogP) is 2.74. The first-order chi connectivity index (χ1) is 7.76. The lowest BCUT2D eigenvalue weighted by atomic mass is 10.3. The molecule has 0 amide bonds. The zero-order chi connectivity index (χ0) is 11.8. The van der Waals surface area contributed by atoms with E-state index in [9.17, 15) is 4.79 Å². The summed E-state index contributed by atoms with van der Waals surface area (Å²) in [5.74, 6) is 2.96. The molecule has 1 aromatic carbocycles. The van der Waals surface area contributed by atoms with Gasteiger partial charge in [-0.3, -0.25) is 4.79 Å². The molecule has 0 unspecified atom stereocenters. The molecule has 0 atom stereocenters. The topological polar surface area (TPSA) is 35.5 Å². The number of hydrogen-bond acceptors (Lipinski definition) is 4. The van der Waals surface area contributed by atoms with E-state index < -0.39 is 0 Å². The van der Waals surface area contributed by atoms with Gasteiger partial charge < -0.3 is 9.47 Å². The maximum Gasteiger partial charge on any atom is 0.312 e. The van der Waals surface area contributed by atoms with E-state index >= 15 is 0 Å². The summed E-state index contributed by atoms with van der Waals surface area (Å²) in [7, 11) is 1.60. The number of carbonyl (C=O) groups is 1. The summed E-state index contributed by atoms with van der Waals surface area (Å²) in [5, 5.41) is 0. The van der Waals surface area contributed by atoms with Crippen LogP contribution in [-0.4, -0.2) is 24.6 Å². The van der Waals surface area contributed by atoms with Gasteiger partial charge in [-0.15, -0.1) is 0 Å². The van der Waals surface area contributed by atoms with Crippen LogP contribution in [0.25, 0.3) is 0 Å². The molecule has 16 heavy (non-hydrogen) atoms. The smallest absolute Gasteiger partial charge is 0.312 e. The Morgan fingerprint density at radius 1 is 1.25 bits per heavy atom. The first kappa shape index (κ1) is 12.9. The maximum absolute atomic E-state index is 11.4. The monoisotopic (exact) mass is 240 g/mol. The second-order valence-electron chi connectivity index (χ2n) is 3.10. The van der Waals surface area contributed by atoms with E-state index in [1.54, 1.807) is 43.1 Å². The highest BCUT2D eigenvalue weighted by Crippen LogP contribution is 2.17. The Kier molecular flexibility index (Phi) is 5.78. The van der Waals surface area contributed by atoms with Crippen molar-refractivity contribution in [1.29, 1.82) is 0 Å². The molecule has 0 fully saturated rings. The molecule has 0 aromatic heterocycles. The second kappa shape index (κ2) is 7.17. The third kappa shape index (κ3) is 4.57. The normalized spacial score (nSPS) is 9.88. The molecule has 1 rings (SSSR count). The Labute approximate surface area is 100 Å². The number of thioether (sulfide) groups is 1. The van der Waals surface area contributed by atoms with Crippen molar-refractivity contribution < 1.29 is 14.3 Å².